The van der Waals surface area contributed by atoms with Crippen LogP contribution in [0.25, 0.3) is 0 Å². The lowest BCUT2D eigenvalue weighted by atomic mass is 10.1. The molecule has 0 aromatic heterocycles. The minimum absolute atomic E-state index is 0.0823. The number of carbonyl (C=O) groups excluding carboxylic acids is 1. The third kappa shape index (κ3) is 4.56. The van der Waals surface area contributed by atoms with E-state index >= 15 is 0 Å². The minimum Gasteiger partial charge on any atom is -0.385 e. The predicted molar refractivity (Wildman–Crippen MR) is 78.8 cm³/mol. The molecule has 0 saturated heterocycles. The first kappa shape index (κ1) is 15.5. The fourth-order valence-electron chi connectivity index (χ4n) is 1.65. The first-order chi connectivity index (χ1) is 8.89. The third-order valence-corrected chi connectivity index (χ3v) is 3.01. The number of carbonyl (C=O) groups is 1. The molecular formula is C15H24N2O2. The quantitative estimate of drug-likeness (QED) is 0.830. The molecular weight excluding hydrogens is 240 g/mol. The van der Waals surface area contributed by atoms with Gasteiger partial charge in [-0.05, 0) is 45.4 Å². The summed E-state index contributed by atoms with van der Waals surface area (Å²) in [7, 11) is 1.64. The highest BCUT2D eigenvalue weighted by atomic mass is 16.5. The van der Waals surface area contributed by atoms with Gasteiger partial charge in [-0.3, -0.25) is 4.79 Å². The lowest BCUT2D eigenvalue weighted by Gasteiger charge is -2.23. The smallest absolute Gasteiger partial charge is 0.253 e. The van der Waals surface area contributed by atoms with Crippen LogP contribution in [0.1, 0.15) is 36.7 Å². The SMILES string of the molecule is CCNc1cc(C)ccc1C(=O)NCC(C)(C)OC. The largest absolute Gasteiger partial charge is 0.385 e. The van der Waals surface area contributed by atoms with Crippen LogP contribution in [0.3, 0.4) is 0 Å². The molecule has 0 fully saturated rings. The van der Waals surface area contributed by atoms with Crippen LogP contribution in [0, 0.1) is 6.92 Å². The van der Waals surface area contributed by atoms with Crippen LogP contribution < -0.4 is 10.6 Å². The van der Waals surface area contributed by atoms with Gasteiger partial charge in [0.1, 0.15) is 0 Å². The summed E-state index contributed by atoms with van der Waals surface area (Å²) in [4.78, 5) is 12.2. The van der Waals surface area contributed by atoms with Crippen LogP contribution in [-0.4, -0.2) is 31.7 Å². The van der Waals surface area contributed by atoms with Crippen molar-refractivity contribution < 1.29 is 9.53 Å². The van der Waals surface area contributed by atoms with Crippen molar-refractivity contribution in [2.45, 2.75) is 33.3 Å². The highest BCUT2D eigenvalue weighted by Crippen LogP contribution is 2.17. The summed E-state index contributed by atoms with van der Waals surface area (Å²) in [6.45, 7) is 9.16. The van der Waals surface area contributed by atoms with Gasteiger partial charge in [0.2, 0.25) is 0 Å². The monoisotopic (exact) mass is 264 g/mol. The van der Waals surface area contributed by atoms with E-state index in [1.54, 1.807) is 7.11 Å². The van der Waals surface area contributed by atoms with Crippen LogP contribution in [0.4, 0.5) is 5.69 Å². The lowest BCUT2D eigenvalue weighted by Crippen LogP contribution is -2.39. The lowest BCUT2D eigenvalue weighted by molar-refractivity contribution is 0.0229. The second kappa shape index (κ2) is 6.57. The zero-order valence-electron chi connectivity index (χ0n) is 12.5. The zero-order chi connectivity index (χ0) is 14.5. The molecule has 0 aliphatic heterocycles. The Balaban J connectivity index is 2.81. The molecule has 1 aromatic rings. The Hall–Kier alpha value is -1.55. The minimum atomic E-state index is -0.362. The second-order valence-corrected chi connectivity index (χ2v) is 5.23. The number of rotatable bonds is 6. The highest BCUT2D eigenvalue weighted by molar-refractivity contribution is 5.99. The molecule has 0 unspecified atom stereocenters. The van der Waals surface area contributed by atoms with Gasteiger partial charge in [-0.25, -0.2) is 0 Å². The summed E-state index contributed by atoms with van der Waals surface area (Å²) < 4.78 is 5.29. The van der Waals surface area contributed by atoms with E-state index in [9.17, 15) is 4.79 Å². The number of ether oxygens (including phenoxy) is 1. The number of nitrogens with one attached hydrogen (secondary N) is 2. The van der Waals surface area contributed by atoms with Crippen molar-refractivity contribution in [2.24, 2.45) is 0 Å². The van der Waals surface area contributed by atoms with Gasteiger partial charge < -0.3 is 15.4 Å². The maximum Gasteiger partial charge on any atom is 0.253 e. The molecule has 0 radical (unpaired) electrons. The Morgan fingerprint density at radius 2 is 2.05 bits per heavy atom. The summed E-state index contributed by atoms with van der Waals surface area (Å²) in [6.07, 6.45) is 0. The molecule has 1 aromatic carbocycles. The van der Waals surface area contributed by atoms with Gasteiger partial charge in [0.25, 0.3) is 5.91 Å². The van der Waals surface area contributed by atoms with Crippen LogP contribution in [0.2, 0.25) is 0 Å². The second-order valence-electron chi connectivity index (χ2n) is 5.23. The number of amides is 1. The first-order valence-corrected chi connectivity index (χ1v) is 6.57. The summed E-state index contributed by atoms with van der Waals surface area (Å²) >= 11 is 0. The molecule has 4 nitrogen and oxygen atoms in total. The number of benzene rings is 1. The van der Waals surface area contributed by atoms with Crippen LogP contribution in [0.15, 0.2) is 18.2 Å². The Morgan fingerprint density at radius 1 is 1.37 bits per heavy atom. The molecule has 0 aliphatic rings. The van der Waals surface area contributed by atoms with Crippen molar-refractivity contribution in [1.82, 2.24) is 5.32 Å². The molecule has 4 heteroatoms. The fourth-order valence-corrected chi connectivity index (χ4v) is 1.65. The molecule has 19 heavy (non-hydrogen) atoms. The molecule has 1 amide bonds. The average molecular weight is 264 g/mol. The van der Waals surface area contributed by atoms with Gasteiger partial charge in [-0.1, -0.05) is 6.07 Å². The summed E-state index contributed by atoms with van der Waals surface area (Å²) in [5, 5.41) is 6.12. The maximum absolute atomic E-state index is 12.2. The maximum atomic E-state index is 12.2. The van der Waals surface area contributed by atoms with Gasteiger partial charge in [0, 0.05) is 25.9 Å². The molecule has 2 N–H and O–H groups in total. The van der Waals surface area contributed by atoms with E-state index < -0.39 is 0 Å². The standard InChI is InChI=1S/C15H24N2O2/c1-6-16-13-9-11(2)7-8-12(13)14(18)17-10-15(3,4)19-5/h7-9,16H,6,10H2,1-5H3,(H,17,18). The molecule has 0 bridgehead atoms. The number of aryl methyl sites for hydroxylation is 1. The summed E-state index contributed by atoms with van der Waals surface area (Å²) in [5.74, 6) is -0.0823. The molecule has 106 valence electrons. The number of hydrogen-bond acceptors (Lipinski definition) is 3. The van der Waals surface area contributed by atoms with Crippen molar-refractivity contribution >= 4 is 11.6 Å². The summed E-state index contributed by atoms with van der Waals surface area (Å²) in [6, 6.07) is 5.78. The Bertz CT molecular complexity index is 442. The summed E-state index contributed by atoms with van der Waals surface area (Å²) in [5.41, 5.74) is 2.30. The Kier molecular flexibility index (Phi) is 5.36. The van der Waals surface area contributed by atoms with Crippen LogP contribution in [-0.2, 0) is 4.74 Å². The number of hydrogen-bond donors (Lipinski definition) is 2. The van der Waals surface area contributed by atoms with Crippen molar-refractivity contribution in [3.63, 3.8) is 0 Å². The first-order valence-electron chi connectivity index (χ1n) is 6.57. The normalized spacial score (nSPS) is 11.2. The molecule has 0 saturated carbocycles. The zero-order valence-corrected chi connectivity index (χ0v) is 12.5. The van der Waals surface area contributed by atoms with Crippen LogP contribution in [0.5, 0.6) is 0 Å². The van der Waals surface area contributed by atoms with Crippen molar-refractivity contribution in [3.05, 3.63) is 29.3 Å². The number of methoxy groups -OCH3 is 1. The van der Waals surface area contributed by atoms with E-state index in [0.29, 0.717) is 12.1 Å². The molecule has 1 rings (SSSR count). The van der Waals surface area contributed by atoms with Crippen molar-refractivity contribution in [1.29, 1.82) is 0 Å². The van der Waals surface area contributed by atoms with E-state index in [0.717, 1.165) is 17.8 Å². The average Bonchev–Trinajstić information content (AvgIpc) is 2.37. The molecule has 0 heterocycles. The van der Waals surface area contributed by atoms with Crippen molar-refractivity contribution in [2.75, 3.05) is 25.5 Å². The highest BCUT2D eigenvalue weighted by Gasteiger charge is 2.19. The Morgan fingerprint density at radius 3 is 2.63 bits per heavy atom. The predicted octanol–water partition coefficient (Wildman–Crippen LogP) is 2.58. The van der Waals surface area contributed by atoms with E-state index in [-0.39, 0.29) is 11.5 Å². The molecule has 0 spiro atoms. The van der Waals surface area contributed by atoms with Crippen LogP contribution >= 0.6 is 0 Å². The van der Waals surface area contributed by atoms with Crippen molar-refractivity contribution in [3.8, 4) is 0 Å². The van der Waals surface area contributed by atoms with E-state index in [4.69, 9.17) is 4.74 Å². The fraction of sp³-hybridized carbons (Fsp3) is 0.533. The Labute approximate surface area is 115 Å². The van der Waals surface area contributed by atoms with Gasteiger partial charge in [-0.2, -0.15) is 0 Å². The number of anilines is 1. The van der Waals surface area contributed by atoms with Gasteiger partial charge in [-0.15, -0.1) is 0 Å². The van der Waals surface area contributed by atoms with E-state index in [1.807, 2.05) is 45.9 Å². The van der Waals surface area contributed by atoms with E-state index in [1.165, 1.54) is 0 Å². The van der Waals surface area contributed by atoms with Gasteiger partial charge in [0.05, 0.1) is 11.2 Å². The topological polar surface area (TPSA) is 50.4 Å². The van der Waals surface area contributed by atoms with Gasteiger partial charge in [0.15, 0.2) is 0 Å². The van der Waals surface area contributed by atoms with Gasteiger partial charge >= 0.3 is 0 Å². The third-order valence-electron chi connectivity index (χ3n) is 3.01. The molecule has 0 aliphatic carbocycles. The van der Waals surface area contributed by atoms with E-state index in [2.05, 4.69) is 10.6 Å². The molecule has 0 atom stereocenters.